The number of hydrogen-bond acceptors (Lipinski definition) is 3. The van der Waals surface area contributed by atoms with E-state index in [1.165, 1.54) is 0 Å². The highest BCUT2D eigenvalue weighted by Crippen LogP contribution is 2.33. The Labute approximate surface area is 105 Å². The molecule has 1 fully saturated rings. The Balaban J connectivity index is 2.08. The maximum Gasteiger partial charge on any atom is 0.294 e. The van der Waals surface area contributed by atoms with Gasteiger partial charge < -0.3 is 4.57 Å². The van der Waals surface area contributed by atoms with Gasteiger partial charge in [0.1, 0.15) is 5.82 Å². The summed E-state index contributed by atoms with van der Waals surface area (Å²) in [6.07, 6.45) is 11.1. The normalized spacial score (nSPS) is 14.9. The van der Waals surface area contributed by atoms with Crippen LogP contribution in [-0.4, -0.2) is 19.1 Å². The fourth-order valence-corrected chi connectivity index (χ4v) is 2.16. The van der Waals surface area contributed by atoms with Gasteiger partial charge in [-0.2, -0.15) is 0 Å². The molecule has 18 heavy (non-hydrogen) atoms. The number of rotatable bonds is 4. The minimum Gasteiger partial charge on any atom is -0.308 e. The molecule has 2 aromatic heterocycles. The van der Waals surface area contributed by atoms with Crippen molar-refractivity contribution in [3.05, 3.63) is 41.0 Å². The Morgan fingerprint density at radius 1 is 1.28 bits per heavy atom. The van der Waals surface area contributed by atoms with E-state index >= 15 is 0 Å². The van der Waals surface area contributed by atoms with Crippen LogP contribution in [0.25, 0.3) is 5.82 Å². The SMILES string of the molecule is CCCc1nccn1-c1nccn(C2CC2)c1=O. The van der Waals surface area contributed by atoms with Gasteiger partial charge in [0.25, 0.3) is 5.56 Å². The monoisotopic (exact) mass is 244 g/mol. The third-order valence-electron chi connectivity index (χ3n) is 3.21. The Morgan fingerprint density at radius 3 is 2.78 bits per heavy atom. The fraction of sp³-hybridized carbons (Fsp3) is 0.462. The second-order valence-corrected chi connectivity index (χ2v) is 4.66. The van der Waals surface area contributed by atoms with Crippen LogP contribution in [0.2, 0.25) is 0 Å². The Bertz CT molecular complexity index is 609. The van der Waals surface area contributed by atoms with E-state index < -0.39 is 0 Å². The Hall–Kier alpha value is -1.91. The zero-order chi connectivity index (χ0) is 12.5. The highest BCUT2D eigenvalue weighted by atomic mass is 16.1. The number of aryl methyl sites for hydroxylation is 1. The van der Waals surface area contributed by atoms with E-state index in [0.717, 1.165) is 31.5 Å². The zero-order valence-electron chi connectivity index (χ0n) is 10.4. The van der Waals surface area contributed by atoms with Crippen LogP contribution in [0.1, 0.15) is 38.1 Å². The highest BCUT2D eigenvalue weighted by molar-refractivity contribution is 5.22. The predicted molar refractivity (Wildman–Crippen MR) is 67.9 cm³/mol. The summed E-state index contributed by atoms with van der Waals surface area (Å²) in [5.74, 6) is 1.36. The molecule has 1 saturated carbocycles. The second-order valence-electron chi connectivity index (χ2n) is 4.66. The van der Waals surface area contributed by atoms with Crippen LogP contribution in [0.3, 0.4) is 0 Å². The van der Waals surface area contributed by atoms with E-state index in [2.05, 4.69) is 16.9 Å². The third kappa shape index (κ3) is 1.85. The van der Waals surface area contributed by atoms with Gasteiger partial charge in [0.2, 0.25) is 5.82 Å². The first-order chi connectivity index (χ1) is 8.81. The van der Waals surface area contributed by atoms with E-state index in [1.807, 2.05) is 10.8 Å². The average molecular weight is 244 g/mol. The standard InChI is InChI=1S/C13H16N4O/c1-2-3-11-14-6-9-17(11)12-13(18)16(8-7-15-12)10-4-5-10/h6-10H,2-5H2,1H3. The van der Waals surface area contributed by atoms with Gasteiger partial charge >= 0.3 is 0 Å². The summed E-state index contributed by atoms with van der Waals surface area (Å²) in [4.78, 5) is 20.9. The summed E-state index contributed by atoms with van der Waals surface area (Å²) < 4.78 is 3.60. The summed E-state index contributed by atoms with van der Waals surface area (Å²) in [5.41, 5.74) is -0.0182. The molecule has 2 heterocycles. The first kappa shape index (κ1) is 11.2. The summed E-state index contributed by atoms with van der Waals surface area (Å²) in [7, 11) is 0. The lowest BCUT2D eigenvalue weighted by molar-refractivity contribution is 0.681. The fourth-order valence-electron chi connectivity index (χ4n) is 2.16. The van der Waals surface area contributed by atoms with Crippen LogP contribution in [0.4, 0.5) is 0 Å². The van der Waals surface area contributed by atoms with Gasteiger partial charge in [-0.3, -0.25) is 9.36 Å². The minimum atomic E-state index is -0.0182. The predicted octanol–water partition coefficient (Wildman–Crippen LogP) is 1.72. The summed E-state index contributed by atoms with van der Waals surface area (Å²) in [5, 5.41) is 0. The number of imidazole rings is 1. The first-order valence-corrected chi connectivity index (χ1v) is 6.41. The molecule has 5 heteroatoms. The Kier molecular flexibility index (Phi) is 2.74. The van der Waals surface area contributed by atoms with Crippen LogP contribution in [0.15, 0.2) is 29.6 Å². The van der Waals surface area contributed by atoms with Crippen molar-refractivity contribution in [2.24, 2.45) is 0 Å². The van der Waals surface area contributed by atoms with Crippen molar-refractivity contribution in [3.8, 4) is 5.82 Å². The van der Waals surface area contributed by atoms with Gasteiger partial charge in [0.15, 0.2) is 0 Å². The molecule has 0 aromatic carbocycles. The quantitative estimate of drug-likeness (QED) is 0.822. The zero-order valence-corrected chi connectivity index (χ0v) is 10.4. The smallest absolute Gasteiger partial charge is 0.294 e. The molecule has 3 rings (SSSR count). The van der Waals surface area contributed by atoms with Crippen LogP contribution in [-0.2, 0) is 6.42 Å². The molecule has 1 aliphatic rings. The minimum absolute atomic E-state index is 0.0182. The lowest BCUT2D eigenvalue weighted by atomic mass is 10.3. The van der Waals surface area contributed by atoms with E-state index in [0.29, 0.717) is 11.9 Å². The third-order valence-corrected chi connectivity index (χ3v) is 3.21. The maximum absolute atomic E-state index is 12.4. The topological polar surface area (TPSA) is 52.7 Å². The summed E-state index contributed by atoms with van der Waals surface area (Å²) in [6.45, 7) is 2.10. The largest absolute Gasteiger partial charge is 0.308 e. The highest BCUT2D eigenvalue weighted by Gasteiger charge is 2.25. The van der Waals surface area contributed by atoms with E-state index in [9.17, 15) is 4.79 Å². The number of nitrogens with zero attached hydrogens (tertiary/aromatic N) is 4. The van der Waals surface area contributed by atoms with Gasteiger partial charge in [0.05, 0.1) is 0 Å². The van der Waals surface area contributed by atoms with Crippen LogP contribution in [0, 0.1) is 0 Å². The van der Waals surface area contributed by atoms with E-state index in [4.69, 9.17) is 0 Å². The second kappa shape index (κ2) is 4.40. The molecule has 0 atom stereocenters. The van der Waals surface area contributed by atoms with Crippen molar-refractivity contribution in [2.75, 3.05) is 0 Å². The lowest BCUT2D eigenvalue weighted by Crippen LogP contribution is -2.25. The number of hydrogen-bond donors (Lipinski definition) is 0. The maximum atomic E-state index is 12.4. The van der Waals surface area contributed by atoms with Crippen molar-refractivity contribution in [1.29, 1.82) is 0 Å². The van der Waals surface area contributed by atoms with E-state index in [-0.39, 0.29) is 5.56 Å². The molecular formula is C13H16N4O. The van der Waals surface area contributed by atoms with Crippen molar-refractivity contribution in [3.63, 3.8) is 0 Å². The van der Waals surface area contributed by atoms with Crippen LogP contribution >= 0.6 is 0 Å². The van der Waals surface area contributed by atoms with Gasteiger partial charge in [0, 0.05) is 37.3 Å². The summed E-state index contributed by atoms with van der Waals surface area (Å²) >= 11 is 0. The van der Waals surface area contributed by atoms with Crippen molar-refractivity contribution < 1.29 is 0 Å². The van der Waals surface area contributed by atoms with Gasteiger partial charge in [-0.1, -0.05) is 6.92 Å². The van der Waals surface area contributed by atoms with Gasteiger partial charge in [-0.25, -0.2) is 9.97 Å². The van der Waals surface area contributed by atoms with Crippen molar-refractivity contribution >= 4 is 0 Å². The molecular weight excluding hydrogens is 228 g/mol. The lowest BCUT2D eigenvalue weighted by Gasteiger charge is -2.08. The molecule has 0 radical (unpaired) electrons. The Morgan fingerprint density at radius 2 is 2.06 bits per heavy atom. The first-order valence-electron chi connectivity index (χ1n) is 6.41. The molecule has 0 aliphatic heterocycles. The summed E-state index contributed by atoms with van der Waals surface area (Å²) in [6, 6.07) is 0.373. The molecule has 94 valence electrons. The van der Waals surface area contributed by atoms with E-state index in [1.54, 1.807) is 23.2 Å². The van der Waals surface area contributed by atoms with Crippen LogP contribution < -0.4 is 5.56 Å². The molecule has 2 aromatic rings. The molecule has 0 amide bonds. The molecule has 0 spiro atoms. The van der Waals surface area contributed by atoms with Gasteiger partial charge in [-0.15, -0.1) is 0 Å². The van der Waals surface area contributed by atoms with Crippen molar-refractivity contribution in [2.45, 2.75) is 38.6 Å². The molecule has 0 bridgehead atoms. The van der Waals surface area contributed by atoms with Gasteiger partial charge in [-0.05, 0) is 19.3 Å². The average Bonchev–Trinajstić information content (AvgIpc) is 3.11. The molecule has 0 N–H and O–H groups in total. The number of aromatic nitrogens is 4. The molecule has 1 aliphatic carbocycles. The molecule has 0 unspecified atom stereocenters. The molecule has 0 saturated heterocycles. The van der Waals surface area contributed by atoms with Crippen molar-refractivity contribution in [1.82, 2.24) is 19.1 Å². The molecule has 5 nitrogen and oxygen atoms in total. The van der Waals surface area contributed by atoms with Crippen LogP contribution in [0.5, 0.6) is 0 Å².